The van der Waals surface area contributed by atoms with Crippen LogP contribution in [-0.4, -0.2) is 23.3 Å². The summed E-state index contributed by atoms with van der Waals surface area (Å²) in [6.07, 6.45) is 1.73. The van der Waals surface area contributed by atoms with Gasteiger partial charge in [-0.2, -0.15) is 5.26 Å². The number of nitrogens with zero attached hydrogens (tertiary/aromatic N) is 2. The molecule has 0 aliphatic carbocycles. The van der Waals surface area contributed by atoms with E-state index in [4.69, 9.17) is 4.42 Å². The highest BCUT2D eigenvalue weighted by Gasteiger charge is 2.34. The Kier molecular flexibility index (Phi) is 5.48. The van der Waals surface area contributed by atoms with Crippen LogP contribution in [0.5, 0.6) is 0 Å². The summed E-state index contributed by atoms with van der Waals surface area (Å²) < 4.78 is 7.05. The molecular formula is C28H20N2O3S. The van der Waals surface area contributed by atoms with Gasteiger partial charge < -0.3 is 4.42 Å². The van der Waals surface area contributed by atoms with Crippen LogP contribution in [0.2, 0.25) is 0 Å². The first kappa shape index (κ1) is 21.6. The van der Waals surface area contributed by atoms with E-state index in [1.807, 2.05) is 48.5 Å². The number of carbonyl (C=O) groups excluding carboxylic acids is 2. The lowest BCUT2D eigenvalue weighted by molar-refractivity contribution is -0.140. The molecule has 34 heavy (non-hydrogen) atoms. The van der Waals surface area contributed by atoms with E-state index in [0.29, 0.717) is 11.1 Å². The van der Waals surface area contributed by atoms with Gasteiger partial charge in [-0.25, -0.2) is 0 Å². The number of fused-ring (bicyclic) bond motifs is 1. The van der Waals surface area contributed by atoms with Gasteiger partial charge in [-0.3, -0.25) is 14.5 Å². The Hall–Kier alpha value is -4.21. The van der Waals surface area contributed by atoms with E-state index in [-0.39, 0.29) is 18.0 Å². The largest absolute Gasteiger partial charge is 0.455 e. The van der Waals surface area contributed by atoms with Crippen molar-refractivity contribution in [2.24, 2.45) is 0 Å². The van der Waals surface area contributed by atoms with Crippen LogP contribution in [-0.2, 0) is 9.59 Å². The Balaban J connectivity index is 1.46. The monoisotopic (exact) mass is 464 g/mol. The highest BCUT2D eigenvalue weighted by molar-refractivity contribution is 7.19. The Bertz CT molecular complexity index is 1500. The second-order valence-corrected chi connectivity index (χ2v) is 9.07. The van der Waals surface area contributed by atoms with Gasteiger partial charge in [0.25, 0.3) is 11.8 Å². The van der Waals surface area contributed by atoms with Crippen molar-refractivity contribution in [2.45, 2.75) is 13.8 Å². The van der Waals surface area contributed by atoms with Gasteiger partial charge in [-0.05, 0) is 42.7 Å². The molecule has 0 spiro atoms. The van der Waals surface area contributed by atoms with Crippen molar-refractivity contribution in [3.8, 4) is 28.5 Å². The van der Waals surface area contributed by atoms with Gasteiger partial charge in [0.15, 0.2) is 0 Å². The van der Waals surface area contributed by atoms with Crippen molar-refractivity contribution in [3.05, 3.63) is 88.3 Å². The Morgan fingerprint density at radius 1 is 0.971 bits per heavy atom. The molecule has 3 heterocycles. The third-order valence-electron chi connectivity index (χ3n) is 5.93. The smallest absolute Gasteiger partial charge is 0.271 e. The zero-order valence-electron chi connectivity index (χ0n) is 18.7. The molecule has 0 N–H and O–H groups in total. The van der Waals surface area contributed by atoms with Crippen LogP contribution in [0.4, 0.5) is 0 Å². The number of amides is 2. The third-order valence-corrected chi connectivity index (χ3v) is 6.94. The maximum Gasteiger partial charge on any atom is 0.271 e. The average Bonchev–Trinajstić information content (AvgIpc) is 3.42. The quantitative estimate of drug-likeness (QED) is 0.257. The fourth-order valence-electron chi connectivity index (χ4n) is 4.08. The molecule has 2 aromatic carbocycles. The van der Waals surface area contributed by atoms with Crippen LogP contribution in [0.1, 0.15) is 18.7 Å². The average molecular weight is 465 g/mol. The van der Waals surface area contributed by atoms with Gasteiger partial charge in [-0.15, -0.1) is 11.3 Å². The van der Waals surface area contributed by atoms with Crippen LogP contribution in [0.25, 0.3) is 38.8 Å². The van der Waals surface area contributed by atoms with Gasteiger partial charge in [-0.1, -0.05) is 54.6 Å². The summed E-state index contributed by atoms with van der Waals surface area (Å²) in [6, 6.07) is 24.3. The molecule has 1 aliphatic heterocycles. The molecule has 0 radical (unpaired) electrons. The second-order valence-electron chi connectivity index (χ2n) is 7.96. The molecule has 2 aromatic heterocycles. The van der Waals surface area contributed by atoms with Crippen molar-refractivity contribution in [1.82, 2.24) is 4.90 Å². The summed E-state index contributed by atoms with van der Waals surface area (Å²) in [5.74, 6) is -0.139. The highest BCUT2D eigenvalue weighted by atomic mass is 32.1. The lowest BCUT2D eigenvalue weighted by Gasteiger charge is -2.26. The number of furan rings is 1. The number of rotatable bonds is 4. The number of hydrogen-bond acceptors (Lipinski definition) is 5. The van der Waals surface area contributed by atoms with Crippen molar-refractivity contribution < 1.29 is 14.0 Å². The summed E-state index contributed by atoms with van der Waals surface area (Å²) in [5.41, 5.74) is 4.80. The number of carbonyl (C=O) groups is 2. The van der Waals surface area contributed by atoms with Crippen molar-refractivity contribution in [2.75, 3.05) is 6.54 Å². The molecule has 166 valence electrons. The minimum atomic E-state index is -0.535. The molecule has 6 heteroatoms. The minimum absolute atomic E-state index is 0.00850. The van der Waals surface area contributed by atoms with E-state index in [1.165, 1.54) is 11.3 Å². The molecule has 0 unspecified atom stereocenters. The van der Waals surface area contributed by atoms with Gasteiger partial charge in [0, 0.05) is 28.6 Å². The normalized spacial score (nSPS) is 15.4. The number of hydrogen-bond donors (Lipinski definition) is 0. The van der Waals surface area contributed by atoms with E-state index in [1.54, 1.807) is 19.9 Å². The molecule has 4 aromatic rings. The number of nitriles is 1. The lowest BCUT2D eigenvalue weighted by Crippen LogP contribution is -2.42. The van der Waals surface area contributed by atoms with Crippen molar-refractivity contribution in [1.29, 1.82) is 5.26 Å². The standard InChI is InChI=1S/C28H20N2O3S/c1-3-30-27(31)22(17(2)23(16-29)28(30)32)13-21-14-25-26(34-21)15-24(33-25)20-11-9-19(10-12-20)18-7-5-4-6-8-18/h4-15H,3H2,1-2H3/b22-13-. The molecule has 5 rings (SSSR count). The molecule has 0 atom stereocenters. The van der Waals surface area contributed by atoms with Crippen LogP contribution in [0.3, 0.4) is 0 Å². The van der Waals surface area contributed by atoms with E-state index < -0.39 is 5.91 Å². The number of thiophene rings is 1. The molecule has 5 nitrogen and oxygen atoms in total. The van der Waals surface area contributed by atoms with E-state index in [9.17, 15) is 14.9 Å². The number of benzene rings is 2. The van der Waals surface area contributed by atoms with Gasteiger partial charge in [0.1, 0.15) is 23.0 Å². The highest BCUT2D eigenvalue weighted by Crippen LogP contribution is 2.36. The maximum atomic E-state index is 12.8. The summed E-state index contributed by atoms with van der Waals surface area (Å²) in [7, 11) is 0. The summed E-state index contributed by atoms with van der Waals surface area (Å²) in [4.78, 5) is 27.1. The first-order valence-electron chi connectivity index (χ1n) is 10.9. The maximum absolute atomic E-state index is 12.8. The zero-order valence-corrected chi connectivity index (χ0v) is 19.5. The predicted molar refractivity (Wildman–Crippen MR) is 134 cm³/mol. The van der Waals surface area contributed by atoms with E-state index >= 15 is 0 Å². The fourth-order valence-corrected chi connectivity index (χ4v) is 5.05. The van der Waals surface area contributed by atoms with Gasteiger partial charge in [0.2, 0.25) is 0 Å². The molecular weight excluding hydrogens is 444 g/mol. The molecule has 2 amide bonds. The first-order valence-corrected chi connectivity index (χ1v) is 11.7. The fraction of sp³-hybridized carbons (Fsp3) is 0.107. The minimum Gasteiger partial charge on any atom is -0.455 e. The molecule has 0 saturated carbocycles. The molecule has 1 aliphatic rings. The van der Waals surface area contributed by atoms with Crippen LogP contribution in [0.15, 0.2) is 87.9 Å². The Morgan fingerprint density at radius 3 is 2.29 bits per heavy atom. The van der Waals surface area contributed by atoms with Gasteiger partial charge in [0.05, 0.1) is 4.70 Å². The van der Waals surface area contributed by atoms with E-state index in [2.05, 4.69) is 24.3 Å². The SMILES string of the molecule is CCN1C(=O)C(C#N)=C(C)/C(=C/c2cc3oc(-c4ccc(-c5ccccc5)cc4)cc3s2)C1=O. The number of likely N-dealkylation sites (N-methyl/N-ethyl adjacent to an activating group) is 1. The molecule has 0 fully saturated rings. The Labute approximate surface area is 200 Å². The number of imide groups is 1. The lowest BCUT2D eigenvalue weighted by atomic mass is 9.95. The molecule has 0 saturated heterocycles. The predicted octanol–water partition coefficient (Wildman–Crippen LogP) is 6.44. The third kappa shape index (κ3) is 3.66. The van der Waals surface area contributed by atoms with Crippen LogP contribution >= 0.6 is 11.3 Å². The van der Waals surface area contributed by atoms with Crippen molar-refractivity contribution >= 4 is 39.5 Å². The van der Waals surface area contributed by atoms with E-state index in [0.717, 1.165) is 42.5 Å². The summed E-state index contributed by atoms with van der Waals surface area (Å²) in [5, 5.41) is 9.41. The second kappa shape index (κ2) is 8.62. The van der Waals surface area contributed by atoms with Gasteiger partial charge >= 0.3 is 0 Å². The molecule has 0 bridgehead atoms. The zero-order chi connectivity index (χ0) is 23.8. The Morgan fingerprint density at radius 2 is 1.65 bits per heavy atom. The van der Waals surface area contributed by atoms with Crippen LogP contribution < -0.4 is 0 Å². The summed E-state index contributed by atoms with van der Waals surface area (Å²) >= 11 is 1.50. The summed E-state index contributed by atoms with van der Waals surface area (Å²) in [6.45, 7) is 3.57. The van der Waals surface area contributed by atoms with Crippen molar-refractivity contribution in [3.63, 3.8) is 0 Å². The van der Waals surface area contributed by atoms with Crippen LogP contribution in [0, 0.1) is 11.3 Å². The first-order chi connectivity index (χ1) is 16.5. The topological polar surface area (TPSA) is 74.3 Å².